The number of piperidine rings is 1. The van der Waals surface area contributed by atoms with Crippen LogP contribution in [0.3, 0.4) is 0 Å². The molecule has 144 valence electrons. The average Bonchev–Trinajstić information content (AvgIpc) is 3.16. The number of hydrogen-bond donors (Lipinski definition) is 0. The molecule has 0 N–H and O–H groups in total. The molecule has 1 aliphatic rings. The van der Waals surface area contributed by atoms with E-state index in [4.69, 9.17) is 9.47 Å². The quantitative estimate of drug-likeness (QED) is 0.701. The van der Waals surface area contributed by atoms with Crippen LogP contribution in [-0.2, 0) is 16.1 Å². The lowest BCUT2D eigenvalue weighted by Crippen LogP contribution is -2.40. The molecule has 0 bridgehead atoms. The molecule has 3 rings (SSSR count). The molecule has 27 heavy (non-hydrogen) atoms. The SMILES string of the molecule is CCOC(=O)C1CCN(C(=O)c2cc(COc3ccccc3F)cs2)CC1. The molecule has 0 saturated carbocycles. The van der Waals surface area contributed by atoms with Crippen molar-refractivity contribution in [1.82, 2.24) is 4.90 Å². The number of hydrogen-bond acceptors (Lipinski definition) is 5. The summed E-state index contributed by atoms with van der Waals surface area (Å²) in [4.78, 5) is 26.8. The van der Waals surface area contributed by atoms with Crippen LogP contribution in [-0.4, -0.2) is 36.5 Å². The monoisotopic (exact) mass is 391 g/mol. The van der Waals surface area contributed by atoms with Gasteiger partial charge in [-0.05, 0) is 43.3 Å². The summed E-state index contributed by atoms with van der Waals surface area (Å²) < 4.78 is 24.1. The minimum Gasteiger partial charge on any atom is -0.486 e. The number of carbonyl (C=O) groups excluding carboxylic acids is 2. The summed E-state index contributed by atoms with van der Waals surface area (Å²) in [5.74, 6) is -0.555. The van der Waals surface area contributed by atoms with Crippen LogP contribution in [0.15, 0.2) is 35.7 Å². The first-order chi connectivity index (χ1) is 13.1. The van der Waals surface area contributed by atoms with E-state index in [1.165, 1.54) is 17.4 Å². The largest absolute Gasteiger partial charge is 0.486 e. The van der Waals surface area contributed by atoms with Crippen LogP contribution in [0, 0.1) is 11.7 Å². The molecule has 2 aromatic rings. The molecule has 0 unspecified atom stereocenters. The highest BCUT2D eigenvalue weighted by molar-refractivity contribution is 7.12. The van der Waals surface area contributed by atoms with Crippen molar-refractivity contribution in [2.24, 2.45) is 5.92 Å². The summed E-state index contributed by atoms with van der Waals surface area (Å²) in [7, 11) is 0. The molecule has 2 heterocycles. The Morgan fingerprint density at radius 2 is 2.00 bits per heavy atom. The molecule has 0 aliphatic carbocycles. The number of halogens is 1. The number of ether oxygens (including phenoxy) is 2. The number of nitrogens with zero attached hydrogens (tertiary/aromatic N) is 1. The molecule has 7 heteroatoms. The molecule has 5 nitrogen and oxygen atoms in total. The highest BCUT2D eigenvalue weighted by Crippen LogP contribution is 2.24. The second-order valence-corrected chi connectivity index (χ2v) is 7.27. The van der Waals surface area contributed by atoms with Gasteiger partial charge in [0, 0.05) is 18.7 Å². The molecule has 0 spiro atoms. The van der Waals surface area contributed by atoms with E-state index in [2.05, 4.69) is 0 Å². The molecule has 0 atom stereocenters. The molecular weight excluding hydrogens is 369 g/mol. The first kappa shape index (κ1) is 19.4. The van der Waals surface area contributed by atoms with Crippen molar-refractivity contribution in [2.75, 3.05) is 19.7 Å². The van der Waals surface area contributed by atoms with E-state index in [9.17, 15) is 14.0 Å². The number of rotatable bonds is 6. The van der Waals surface area contributed by atoms with Crippen LogP contribution in [0.1, 0.15) is 35.0 Å². The van der Waals surface area contributed by atoms with Gasteiger partial charge in [-0.1, -0.05) is 12.1 Å². The summed E-state index contributed by atoms with van der Waals surface area (Å²) in [5, 5.41) is 1.85. The van der Waals surface area contributed by atoms with Crippen LogP contribution in [0.25, 0.3) is 0 Å². The van der Waals surface area contributed by atoms with Crippen LogP contribution in [0.5, 0.6) is 5.75 Å². The minimum atomic E-state index is -0.409. The highest BCUT2D eigenvalue weighted by atomic mass is 32.1. The maximum Gasteiger partial charge on any atom is 0.309 e. The normalized spacial score (nSPS) is 14.8. The van der Waals surface area contributed by atoms with Crippen molar-refractivity contribution >= 4 is 23.2 Å². The third-order valence-corrected chi connectivity index (χ3v) is 5.46. The van der Waals surface area contributed by atoms with E-state index in [0.717, 1.165) is 5.56 Å². The van der Waals surface area contributed by atoms with Gasteiger partial charge in [-0.25, -0.2) is 4.39 Å². The minimum absolute atomic E-state index is 0.0422. The zero-order chi connectivity index (χ0) is 19.2. The third kappa shape index (κ3) is 4.86. The van der Waals surface area contributed by atoms with E-state index in [1.807, 2.05) is 5.38 Å². The predicted octanol–water partition coefficient (Wildman–Crippen LogP) is 3.88. The van der Waals surface area contributed by atoms with Crippen LogP contribution in [0.2, 0.25) is 0 Å². The van der Waals surface area contributed by atoms with Crippen LogP contribution < -0.4 is 4.74 Å². The molecule has 1 amide bonds. The van der Waals surface area contributed by atoms with Crippen molar-refractivity contribution in [1.29, 1.82) is 0 Å². The Hall–Kier alpha value is -2.41. The first-order valence-corrected chi connectivity index (χ1v) is 9.87. The van der Waals surface area contributed by atoms with E-state index >= 15 is 0 Å². The van der Waals surface area contributed by atoms with E-state index in [0.29, 0.717) is 37.4 Å². The second-order valence-electron chi connectivity index (χ2n) is 6.36. The predicted molar refractivity (Wildman–Crippen MR) is 100 cm³/mol. The zero-order valence-electron chi connectivity index (χ0n) is 15.2. The number of amides is 1. The Morgan fingerprint density at radius 3 is 2.70 bits per heavy atom. The van der Waals surface area contributed by atoms with Gasteiger partial charge in [-0.3, -0.25) is 9.59 Å². The molecule has 1 aromatic heterocycles. The fourth-order valence-electron chi connectivity index (χ4n) is 3.02. The Balaban J connectivity index is 1.53. The molecule has 1 saturated heterocycles. The van der Waals surface area contributed by atoms with E-state index in [-0.39, 0.29) is 30.2 Å². The van der Waals surface area contributed by atoms with Gasteiger partial charge in [0.05, 0.1) is 17.4 Å². The van der Waals surface area contributed by atoms with E-state index < -0.39 is 5.82 Å². The lowest BCUT2D eigenvalue weighted by atomic mass is 9.97. The lowest BCUT2D eigenvalue weighted by Gasteiger charge is -2.30. The van der Waals surface area contributed by atoms with Crippen LogP contribution >= 0.6 is 11.3 Å². The van der Waals surface area contributed by atoms with Crippen molar-refractivity contribution in [2.45, 2.75) is 26.4 Å². The fourth-order valence-corrected chi connectivity index (χ4v) is 3.88. The molecular formula is C20H22FNO4S. The number of para-hydroxylation sites is 1. The maximum atomic E-state index is 13.6. The van der Waals surface area contributed by atoms with Gasteiger partial charge >= 0.3 is 5.97 Å². The standard InChI is InChI=1S/C20H22FNO4S/c1-2-25-20(24)15-7-9-22(10-8-15)19(23)18-11-14(13-27-18)12-26-17-6-4-3-5-16(17)21/h3-6,11,13,15H,2,7-10,12H2,1H3. The molecule has 1 aromatic carbocycles. The first-order valence-electron chi connectivity index (χ1n) is 8.99. The summed E-state index contributed by atoms with van der Waals surface area (Å²) in [5.41, 5.74) is 0.827. The fraction of sp³-hybridized carbons (Fsp3) is 0.400. The third-order valence-electron chi connectivity index (χ3n) is 4.50. The van der Waals surface area contributed by atoms with Gasteiger partial charge in [0.15, 0.2) is 11.6 Å². The van der Waals surface area contributed by atoms with Gasteiger partial charge < -0.3 is 14.4 Å². The van der Waals surface area contributed by atoms with Crippen molar-refractivity contribution in [3.63, 3.8) is 0 Å². The Bertz CT molecular complexity index is 799. The molecule has 1 fully saturated rings. The smallest absolute Gasteiger partial charge is 0.309 e. The van der Waals surface area contributed by atoms with Crippen molar-refractivity contribution in [3.8, 4) is 5.75 Å². The average molecular weight is 391 g/mol. The Kier molecular flexibility index (Phi) is 6.45. The van der Waals surface area contributed by atoms with Gasteiger partial charge in [0.25, 0.3) is 5.91 Å². The summed E-state index contributed by atoms with van der Waals surface area (Å²) in [6.07, 6.45) is 1.25. The molecule has 1 aliphatic heterocycles. The van der Waals surface area contributed by atoms with Gasteiger partial charge in [0.2, 0.25) is 0 Å². The summed E-state index contributed by atoms with van der Waals surface area (Å²) >= 11 is 1.35. The van der Waals surface area contributed by atoms with Crippen molar-refractivity contribution in [3.05, 3.63) is 52.0 Å². The topological polar surface area (TPSA) is 55.8 Å². The highest BCUT2D eigenvalue weighted by Gasteiger charge is 2.29. The lowest BCUT2D eigenvalue weighted by molar-refractivity contribution is -0.149. The summed E-state index contributed by atoms with van der Waals surface area (Å²) in [6.45, 7) is 3.46. The zero-order valence-corrected chi connectivity index (χ0v) is 16.0. The van der Waals surface area contributed by atoms with Gasteiger partial charge in [-0.2, -0.15) is 0 Å². The number of esters is 1. The number of benzene rings is 1. The van der Waals surface area contributed by atoms with Crippen molar-refractivity contribution < 1.29 is 23.5 Å². The maximum absolute atomic E-state index is 13.6. The van der Waals surface area contributed by atoms with Gasteiger partial charge in [0.1, 0.15) is 6.61 Å². The van der Waals surface area contributed by atoms with Gasteiger partial charge in [-0.15, -0.1) is 11.3 Å². The van der Waals surface area contributed by atoms with E-state index in [1.54, 1.807) is 36.1 Å². The Morgan fingerprint density at radius 1 is 1.26 bits per heavy atom. The number of carbonyl (C=O) groups is 2. The summed E-state index contributed by atoms with van der Waals surface area (Å²) in [6, 6.07) is 8.01. The second kappa shape index (κ2) is 8.99. The number of thiophene rings is 1. The van der Waals surface area contributed by atoms with Crippen LogP contribution in [0.4, 0.5) is 4.39 Å². The Labute approximate surface area is 161 Å². The molecule has 0 radical (unpaired) electrons. The number of likely N-dealkylation sites (tertiary alicyclic amines) is 1.